The van der Waals surface area contributed by atoms with Gasteiger partial charge in [0.05, 0.1) is 34.8 Å². The zero-order chi connectivity index (χ0) is 31.6. The SMILES string of the molecule is C1=C(n2c3c(c4ccccc42)-c2ccccc2N(C2N=C(c4ccccc4)c4ccccc4N2)c2ccccc2-3)CNc2ccccc21. The highest BCUT2D eigenvalue weighted by atomic mass is 15.4. The molecular formula is C43H31N5. The van der Waals surface area contributed by atoms with Gasteiger partial charge in [0.2, 0.25) is 6.29 Å². The fourth-order valence-electron chi connectivity index (χ4n) is 7.71. The Morgan fingerprint density at radius 3 is 2.08 bits per heavy atom. The van der Waals surface area contributed by atoms with E-state index < -0.39 is 0 Å². The molecule has 7 aromatic rings. The summed E-state index contributed by atoms with van der Waals surface area (Å²) in [6.07, 6.45) is 1.95. The van der Waals surface area contributed by atoms with Gasteiger partial charge in [0, 0.05) is 50.3 Å². The van der Waals surface area contributed by atoms with Gasteiger partial charge in [-0.1, -0.05) is 121 Å². The number of nitrogens with zero attached hydrogens (tertiary/aromatic N) is 3. The van der Waals surface area contributed by atoms with Gasteiger partial charge in [-0.2, -0.15) is 0 Å². The van der Waals surface area contributed by atoms with E-state index in [0.717, 1.165) is 51.7 Å². The molecule has 228 valence electrons. The summed E-state index contributed by atoms with van der Waals surface area (Å²) in [6.45, 7) is 0.724. The van der Waals surface area contributed by atoms with Crippen LogP contribution in [0.15, 0.2) is 157 Å². The van der Waals surface area contributed by atoms with Crippen molar-refractivity contribution >= 4 is 51.1 Å². The first-order valence-electron chi connectivity index (χ1n) is 16.5. The van der Waals surface area contributed by atoms with Gasteiger partial charge in [0.1, 0.15) is 0 Å². The van der Waals surface area contributed by atoms with Crippen molar-refractivity contribution in [2.45, 2.75) is 6.29 Å². The highest BCUT2D eigenvalue weighted by Gasteiger charge is 2.35. The van der Waals surface area contributed by atoms with Crippen LogP contribution < -0.4 is 15.5 Å². The molecule has 0 saturated carbocycles. The predicted octanol–water partition coefficient (Wildman–Crippen LogP) is 10.1. The Kier molecular flexibility index (Phi) is 5.93. The van der Waals surface area contributed by atoms with E-state index in [2.05, 4.69) is 178 Å². The maximum atomic E-state index is 5.51. The summed E-state index contributed by atoms with van der Waals surface area (Å²) in [7, 11) is 0. The van der Waals surface area contributed by atoms with Gasteiger partial charge in [0.25, 0.3) is 0 Å². The second kappa shape index (κ2) is 10.6. The van der Waals surface area contributed by atoms with Crippen molar-refractivity contribution in [3.8, 4) is 22.4 Å². The van der Waals surface area contributed by atoms with E-state index in [1.54, 1.807) is 0 Å². The van der Waals surface area contributed by atoms with Crippen molar-refractivity contribution in [2.24, 2.45) is 4.99 Å². The van der Waals surface area contributed by atoms with Gasteiger partial charge in [-0.05, 0) is 42.0 Å². The molecule has 2 N–H and O–H groups in total. The Hall–Kier alpha value is -6.33. The molecule has 1 aromatic heterocycles. The maximum Gasteiger partial charge on any atom is 0.201 e. The van der Waals surface area contributed by atoms with Crippen molar-refractivity contribution in [3.63, 3.8) is 0 Å². The number of fused-ring (bicyclic) bond motifs is 9. The number of hydrogen-bond acceptors (Lipinski definition) is 4. The van der Waals surface area contributed by atoms with Gasteiger partial charge in [-0.25, -0.2) is 4.99 Å². The molecule has 1 unspecified atom stereocenters. The average molecular weight is 618 g/mol. The highest BCUT2D eigenvalue weighted by molar-refractivity contribution is 6.18. The van der Waals surface area contributed by atoms with Crippen molar-refractivity contribution in [1.82, 2.24) is 4.57 Å². The summed E-state index contributed by atoms with van der Waals surface area (Å²) in [5.41, 5.74) is 16.0. The van der Waals surface area contributed by atoms with E-state index in [9.17, 15) is 0 Å². The van der Waals surface area contributed by atoms with E-state index >= 15 is 0 Å². The number of para-hydroxylation sites is 5. The van der Waals surface area contributed by atoms with E-state index in [4.69, 9.17) is 4.99 Å². The molecule has 0 spiro atoms. The van der Waals surface area contributed by atoms with Crippen LogP contribution in [-0.2, 0) is 0 Å². The fourth-order valence-corrected chi connectivity index (χ4v) is 7.71. The molecule has 1 atom stereocenters. The largest absolute Gasteiger partial charge is 0.379 e. The minimum atomic E-state index is -0.386. The molecule has 0 saturated heterocycles. The van der Waals surface area contributed by atoms with E-state index in [-0.39, 0.29) is 6.29 Å². The van der Waals surface area contributed by atoms with E-state index in [1.807, 2.05) is 0 Å². The van der Waals surface area contributed by atoms with E-state index in [1.165, 1.54) is 39.0 Å². The summed E-state index contributed by atoms with van der Waals surface area (Å²) >= 11 is 0. The number of rotatable bonds is 3. The molecule has 0 bridgehead atoms. The monoisotopic (exact) mass is 617 g/mol. The highest BCUT2D eigenvalue weighted by Crippen LogP contribution is 2.53. The Bertz CT molecular complexity index is 2450. The minimum absolute atomic E-state index is 0.386. The molecular weight excluding hydrogens is 587 g/mol. The fraction of sp³-hybridized carbons (Fsp3) is 0.0465. The molecule has 0 fully saturated rings. The standard InChI is InChI=1S/C43H31N5/c1-2-14-28(15-3-1)41-31-17-5-10-22-36(31)45-43(46-41)48-38-24-12-7-19-33(38)40-32-18-6-11-23-37(32)47(42(40)34-20-8-13-25-39(34)48)30-26-29-16-4-9-21-35(29)44-27-30/h1-26,43-45H,27H2. The quantitative estimate of drug-likeness (QED) is 0.207. The molecule has 4 heterocycles. The molecule has 5 heteroatoms. The predicted molar refractivity (Wildman–Crippen MR) is 200 cm³/mol. The lowest BCUT2D eigenvalue weighted by Crippen LogP contribution is -2.40. The third-order valence-electron chi connectivity index (χ3n) is 9.77. The summed E-state index contributed by atoms with van der Waals surface area (Å²) < 4.78 is 2.48. The van der Waals surface area contributed by atoms with Crippen molar-refractivity contribution < 1.29 is 0 Å². The van der Waals surface area contributed by atoms with Crippen molar-refractivity contribution in [2.75, 3.05) is 22.1 Å². The van der Waals surface area contributed by atoms with Gasteiger partial charge in [0.15, 0.2) is 0 Å². The van der Waals surface area contributed by atoms with Crippen LogP contribution in [0.1, 0.15) is 16.7 Å². The molecule has 0 amide bonds. The zero-order valence-electron chi connectivity index (χ0n) is 26.1. The van der Waals surface area contributed by atoms with Gasteiger partial charge < -0.3 is 20.1 Å². The van der Waals surface area contributed by atoms with Gasteiger partial charge >= 0.3 is 0 Å². The molecule has 48 heavy (non-hydrogen) atoms. The molecule has 3 aliphatic heterocycles. The second-order valence-corrected chi connectivity index (χ2v) is 12.5. The lowest BCUT2D eigenvalue weighted by atomic mass is 9.98. The van der Waals surface area contributed by atoms with Crippen molar-refractivity contribution in [3.05, 3.63) is 168 Å². The van der Waals surface area contributed by atoms with Crippen LogP contribution in [0.3, 0.4) is 0 Å². The topological polar surface area (TPSA) is 44.6 Å². The number of benzene rings is 6. The summed E-state index contributed by atoms with van der Waals surface area (Å²) in [5.74, 6) is 0. The lowest BCUT2D eigenvalue weighted by Gasteiger charge is -2.37. The second-order valence-electron chi connectivity index (χ2n) is 12.5. The number of aliphatic imine (C=N–C) groups is 1. The third-order valence-corrected chi connectivity index (χ3v) is 9.77. The minimum Gasteiger partial charge on any atom is -0.379 e. The van der Waals surface area contributed by atoms with Crippen LogP contribution in [0, 0.1) is 0 Å². The summed E-state index contributed by atoms with van der Waals surface area (Å²) in [6, 6.07) is 54.0. The first-order chi connectivity index (χ1) is 23.8. The van der Waals surface area contributed by atoms with Crippen LogP contribution >= 0.6 is 0 Å². The Labute approximate surface area is 279 Å². The first-order valence-corrected chi connectivity index (χ1v) is 16.5. The molecule has 5 nitrogen and oxygen atoms in total. The van der Waals surface area contributed by atoms with Crippen LogP contribution in [0.5, 0.6) is 0 Å². The van der Waals surface area contributed by atoms with Crippen LogP contribution in [0.4, 0.5) is 22.7 Å². The normalized spacial score (nSPS) is 15.8. The number of hydrogen-bond donors (Lipinski definition) is 2. The van der Waals surface area contributed by atoms with Gasteiger partial charge in [-0.15, -0.1) is 0 Å². The summed E-state index contributed by atoms with van der Waals surface area (Å²) in [4.78, 5) is 7.90. The third kappa shape index (κ3) is 4.01. The zero-order valence-corrected chi connectivity index (χ0v) is 26.1. The van der Waals surface area contributed by atoms with E-state index in [0.29, 0.717) is 0 Å². The Morgan fingerprint density at radius 1 is 0.583 bits per heavy atom. The number of aromatic nitrogens is 1. The van der Waals surface area contributed by atoms with Crippen LogP contribution in [0.2, 0.25) is 0 Å². The molecule has 0 radical (unpaired) electrons. The van der Waals surface area contributed by atoms with Gasteiger partial charge in [-0.3, -0.25) is 0 Å². The smallest absolute Gasteiger partial charge is 0.201 e. The Morgan fingerprint density at radius 2 is 1.23 bits per heavy atom. The number of nitrogens with one attached hydrogen (secondary N) is 2. The molecule has 6 aromatic carbocycles. The average Bonchev–Trinajstić information content (AvgIpc) is 3.44. The Balaban J connectivity index is 1.26. The first kappa shape index (κ1) is 26.8. The molecule has 10 rings (SSSR count). The summed E-state index contributed by atoms with van der Waals surface area (Å²) in [5, 5.41) is 8.75. The molecule has 0 aliphatic carbocycles. The molecule has 3 aliphatic rings. The maximum absolute atomic E-state index is 5.51. The lowest BCUT2D eigenvalue weighted by molar-refractivity contribution is 0.764. The van der Waals surface area contributed by atoms with Crippen LogP contribution in [0.25, 0.3) is 45.1 Å². The number of anilines is 4. The van der Waals surface area contributed by atoms with Crippen LogP contribution in [-0.4, -0.2) is 23.1 Å². The van der Waals surface area contributed by atoms with Crippen molar-refractivity contribution in [1.29, 1.82) is 0 Å².